The number of rotatable bonds is 4. The molecular formula is C21H19N3O3. The van der Waals surface area contributed by atoms with Crippen molar-refractivity contribution in [3.05, 3.63) is 60.7 Å². The number of carbonyl (C=O) groups is 2. The lowest BCUT2D eigenvalue weighted by atomic mass is 10.1. The number of para-hydroxylation sites is 1. The van der Waals surface area contributed by atoms with Crippen molar-refractivity contribution < 1.29 is 14.3 Å². The maximum Gasteiger partial charge on any atom is 0.230 e. The Morgan fingerprint density at radius 3 is 2.85 bits per heavy atom. The second-order valence-electron chi connectivity index (χ2n) is 6.49. The molecule has 2 amide bonds. The van der Waals surface area contributed by atoms with Crippen LogP contribution in [0, 0.1) is 5.92 Å². The van der Waals surface area contributed by atoms with Crippen molar-refractivity contribution in [1.29, 1.82) is 0 Å². The summed E-state index contributed by atoms with van der Waals surface area (Å²) in [6, 6.07) is 18.7. The van der Waals surface area contributed by atoms with Crippen molar-refractivity contribution in [2.45, 2.75) is 6.42 Å². The fourth-order valence-corrected chi connectivity index (χ4v) is 3.28. The molecule has 4 rings (SSSR count). The number of nitrogens with one attached hydrogen (secondary N) is 1. The third-order valence-electron chi connectivity index (χ3n) is 4.71. The standard InChI is InChI=1S/C21H19N3O3/c1-27-17-7-4-6-16(12-17)24-13-15(11-20(24)25)21(26)23-19-10-9-14-5-2-3-8-18(14)22-19/h2-10,12,15H,11,13H2,1H3,(H,22,23,26)/t15-/m0/s1. The first-order chi connectivity index (χ1) is 13.1. The summed E-state index contributed by atoms with van der Waals surface area (Å²) in [6.07, 6.45) is 0.177. The number of hydrogen-bond acceptors (Lipinski definition) is 4. The molecule has 0 bridgehead atoms. The molecule has 2 aromatic carbocycles. The smallest absolute Gasteiger partial charge is 0.230 e. The Morgan fingerprint density at radius 1 is 1.15 bits per heavy atom. The third-order valence-corrected chi connectivity index (χ3v) is 4.71. The summed E-state index contributed by atoms with van der Waals surface area (Å²) in [7, 11) is 1.58. The molecule has 0 aliphatic carbocycles. The van der Waals surface area contributed by atoms with Gasteiger partial charge >= 0.3 is 0 Å². The van der Waals surface area contributed by atoms with Crippen LogP contribution in [-0.4, -0.2) is 30.5 Å². The zero-order valence-electron chi connectivity index (χ0n) is 14.9. The van der Waals surface area contributed by atoms with Crippen molar-refractivity contribution in [3.8, 4) is 5.75 Å². The number of benzene rings is 2. The number of carbonyl (C=O) groups excluding carboxylic acids is 2. The zero-order valence-corrected chi connectivity index (χ0v) is 14.9. The topological polar surface area (TPSA) is 71.5 Å². The molecule has 0 unspecified atom stereocenters. The van der Waals surface area contributed by atoms with E-state index in [0.29, 0.717) is 18.1 Å². The average Bonchev–Trinajstić information content (AvgIpc) is 3.10. The summed E-state index contributed by atoms with van der Waals surface area (Å²) >= 11 is 0. The summed E-state index contributed by atoms with van der Waals surface area (Å²) < 4.78 is 5.21. The van der Waals surface area contributed by atoms with Crippen LogP contribution in [-0.2, 0) is 9.59 Å². The van der Waals surface area contributed by atoms with Crippen LogP contribution in [0.3, 0.4) is 0 Å². The fraction of sp³-hybridized carbons (Fsp3) is 0.190. The molecule has 1 fully saturated rings. The largest absolute Gasteiger partial charge is 0.497 e. The van der Waals surface area contributed by atoms with Gasteiger partial charge in [-0.05, 0) is 30.3 Å². The van der Waals surface area contributed by atoms with Crippen LogP contribution < -0.4 is 15.0 Å². The van der Waals surface area contributed by atoms with Gasteiger partial charge in [-0.1, -0.05) is 24.3 Å². The molecule has 1 aliphatic heterocycles. The van der Waals surface area contributed by atoms with Crippen LogP contribution >= 0.6 is 0 Å². The quantitative estimate of drug-likeness (QED) is 0.774. The first-order valence-corrected chi connectivity index (χ1v) is 8.75. The van der Waals surface area contributed by atoms with Crippen molar-refractivity contribution >= 4 is 34.2 Å². The zero-order chi connectivity index (χ0) is 18.8. The molecule has 1 atom stereocenters. The minimum atomic E-state index is -0.419. The SMILES string of the molecule is COc1cccc(N2C[C@@H](C(=O)Nc3ccc4ccccc4n3)CC2=O)c1. The molecule has 1 aliphatic rings. The second-order valence-corrected chi connectivity index (χ2v) is 6.49. The second kappa shape index (κ2) is 7.07. The highest BCUT2D eigenvalue weighted by Gasteiger charge is 2.35. The van der Waals surface area contributed by atoms with Gasteiger partial charge in [0.2, 0.25) is 11.8 Å². The molecule has 2 heterocycles. The van der Waals surface area contributed by atoms with Gasteiger partial charge in [-0.3, -0.25) is 9.59 Å². The van der Waals surface area contributed by atoms with E-state index in [-0.39, 0.29) is 18.2 Å². The van der Waals surface area contributed by atoms with Crippen LogP contribution in [0.25, 0.3) is 10.9 Å². The van der Waals surface area contributed by atoms with Crippen molar-refractivity contribution in [1.82, 2.24) is 4.98 Å². The number of anilines is 2. The van der Waals surface area contributed by atoms with Gasteiger partial charge in [-0.15, -0.1) is 0 Å². The van der Waals surface area contributed by atoms with Gasteiger partial charge in [0, 0.05) is 30.1 Å². The molecule has 6 nitrogen and oxygen atoms in total. The number of pyridine rings is 1. The molecule has 1 N–H and O–H groups in total. The van der Waals surface area contributed by atoms with Gasteiger partial charge in [-0.25, -0.2) is 4.98 Å². The Kier molecular flexibility index (Phi) is 4.46. The van der Waals surface area contributed by atoms with Gasteiger partial charge in [-0.2, -0.15) is 0 Å². The fourth-order valence-electron chi connectivity index (χ4n) is 3.28. The average molecular weight is 361 g/mol. The summed E-state index contributed by atoms with van der Waals surface area (Å²) in [5.41, 5.74) is 1.55. The molecule has 0 radical (unpaired) electrons. The minimum Gasteiger partial charge on any atom is -0.497 e. The van der Waals surface area contributed by atoms with Gasteiger partial charge in [0.1, 0.15) is 11.6 Å². The van der Waals surface area contributed by atoms with E-state index < -0.39 is 5.92 Å². The summed E-state index contributed by atoms with van der Waals surface area (Å²) in [5.74, 6) is 0.475. The Balaban J connectivity index is 1.48. The molecular weight excluding hydrogens is 342 g/mol. The normalized spacial score (nSPS) is 16.6. The van der Waals surface area contributed by atoms with Crippen LogP contribution in [0.5, 0.6) is 5.75 Å². The Hall–Kier alpha value is -3.41. The maximum absolute atomic E-state index is 12.6. The molecule has 136 valence electrons. The van der Waals surface area contributed by atoms with Gasteiger partial charge < -0.3 is 15.0 Å². The molecule has 0 spiro atoms. The molecule has 1 saturated heterocycles. The highest BCUT2D eigenvalue weighted by atomic mass is 16.5. The van der Waals surface area contributed by atoms with Gasteiger partial charge in [0.25, 0.3) is 0 Å². The first kappa shape index (κ1) is 17.0. The summed E-state index contributed by atoms with van der Waals surface area (Å²) in [6.45, 7) is 0.339. The number of hydrogen-bond donors (Lipinski definition) is 1. The van der Waals surface area contributed by atoms with E-state index in [9.17, 15) is 9.59 Å². The van der Waals surface area contributed by atoms with Gasteiger partial charge in [0.05, 0.1) is 18.5 Å². The lowest BCUT2D eigenvalue weighted by Crippen LogP contribution is -2.28. The highest BCUT2D eigenvalue weighted by molar-refractivity contribution is 6.03. The predicted molar refractivity (Wildman–Crippen MR) is 104 cm³/mol. The van der Waals surface area contributed by atoms with Crippen LogP contribution in [0.1, 0.15) is 6.42 Å². The number of nitrogens with zero attached hydrogens (tertiary/aromatic N) is 2. The lowest BCUT2D eigenvalue weighted by molar-refractivity contribution is -0.122. The van der Waals surface area contributed by atoms with E-state index in [1.807, 2.05) is 48.5 Å². The lowest BCUT2D eigenvalue weighted by Gasteiger charge is -2.17. The number of methoxy groups -OCH3 is 1. The van der Waals surface area contributed by atoms with Crippen LogP contribution in [0.2, 0.25) is 0 Å². The van der Waals surface area contributed by atoms with Gasteiger partial charge in [0.15, 0.2) is 0 Å². The molecule has 3 aromatic rings. The number of fused-ring (bicyclic) bond motifs is 1. The minimum absolute atomic E-state index is 0.0742. The Morgan fingerprint density at radius 2 is 2.00 bits per heavy atom. The molecule has 6 heteroatoms. The van der Waals surface area contributed by atoms with Crippen LogP contribution in [0.4, 0.5) is 11.5 Å². The van der Waals surface area contributed by atoms with E-state index >= 15 is 0 Å². The number of amides is 2. The van der Waals surface area contributed by atoms with E-state index in [1.165, 1.54) is 0 Å². The first-order valence-electron chi connectivity index (χ1n) is 8.75. The highest BCUT2D eigenvalue weighted by Crippen LogP contribution is 2.28. The maximum atomic E-state index is 12.6. The summed E-state index contributed by atoms with van der Waals surface area (Å²) in [4.78, 5) is 31.1. The van der Waals surface area contributed by atoms with E-state index in [0.717, 1.165) is 16.6 Å². The molecule has 27 heavy (non-hydrogen) atoms. The number of ether oxygens (including phenoxy) is 1. The molecule has 1 aromatic heterocycles. The molecule has 0 saturated carbocycles. The van der Waals surface area contributed by atoms with E-state index in [4.69, 9.17) is 4.74 Å². The monoisotopic (exact) mass is 361 g/mol. The van der Waals surface area contributed by atoms with Crippen molar-refractivity contribution in [3.63, 3.8) is 0 Å². The van der Waals surface area contributed by atoms with Crippen molar-refractivity contribution in [2.75, 3.05) is 23.9 Å². The van der Waals surface area contributed by atoms with E-state index in [2.05, 4.69) is 10.3 Å². The summed E-state index contributed by atoms with van der Waals surface area (Å²) in [5, 5.41) is 3.85. The predicted octanol–water partition coefficient (Wildman–Crippen LogP) is 3.24. The Labute approximate surface area is 156 Å². The third kappa shape index (κ3) is 3.46. The van der Waals surface area contributed by atoms with Crippen LogP contribution in [0.15, 0.2) is 60.7 Å². The number of aromatic nitrogens is 1. The Bertz CT molecular complexity index is 1020. The van der Waals surface area contributed by atoms with E-state index in [1.54, 1.807) is 24.1 Å². The van der Waals surface area contributed by atoms with Crippen molar-refractivity contribution in [2.24, 2.45) is 5.92 Å².